The van der Waals surface area contributed by atoms with Gasteiger partial charge in [0.15, 0.2) is 0 Å². The van der Waals surface area contributed by atoms with E-state index in [-0.39, 0.29) is 139 Å². The SMILES string of the molecule is COC(C)=O.COC(C)=O.COC(C)=O.[CH2-][C@H]1[C@H]([C@@H]2CC[C@H]([C@H](C)CCC(=O)O)[C-]2C)CC[C@@H]2C[C@H](O)CC[C@@]21C.[CH2-][C@H]1[C@H]([C@@H]2CC[C@H]([C@H](C)CCC(=O)OC)[C-]2C)CC[C@@H]2C[C@H](C)CC[C@@]21C.[CH2-][C@H]1[C@H]([C@@H]2CC[C@H]([C@H](C)CCC(=O)OC)[C-]2C)CC[C@@H]2C[C@H](C)CC[C@@]21C.[Y].[Y].[Y]. The maximum Gasteiger partial charge on any atom is 0.305 e. The Morgan fingerprint density at radius 3 is 0.959 bits per heavy atom. The molecular weight excluding hydrogens is 1460 g/mol. The van der Waals surface area contributed by atoms with Crippen LogP contribution in [0.3, 0.4) is 0 Å². The van der Waals surface area contributed by atoms with Crippen LogP contribution in [0.1, 0.15) is 270 Å². The van der Waals surface area contributed by atoms with Crippen LogP contribution in [0.2, 0.25) is 0 Å². The molecule has 0 amide bonds. The van der Waals surface area contributed by atoms with Crippen molar-refractivity contribution in [1.29, 1.82) is 0 Å². The fourth-order valence-electron chi connectivity index (χ4n) is 21.1. The van der Waals surface area contributed by atoms with Gasteiger partial charge in [0.05, 0.1) is 41.7 Å². The average Bonchev–Trinajstić information content (AvgIpc) is 1.12. The zero-order valence-corrected chi connectivity index (χ0v) is 74.0. The van der Waals surface area contributed by atoms with Crippen molar-refractivity contribution in [3.05, 3.63) is 38.5 Å². The molecule has 16 heteroatoms. The third-order valence-electron chi connectivity index (χ3n) is 28.0. The zero-order valence-electron chi connectivity index (χ0n) is 65.5. The normalized spacial score (nSPS) is 37.3. The van der Waals surface area contributed by atoms with E-state index in [4.69, 9.17) is 35.4 Å². The van der Waals surface area contributed by atoms with E-state index in [1.54, 1.807) is 17.8 Å². The number of hydrogen-bond donors (Lipinski definition) is 2. The first-order chi connectivity index (χ1) is 44.6. The van der Waals surface area contributed by atoms with E-state index < -0.39 is 5.97 Å². The molecule has 0 unspecified atom stereocenters. The Balaban J connectivity index is 0.000000654. The fourth-order valence-corrected chi connectivity index (χ4v) is 21.1. The van der Waals surface area contributed by atoms with Gasteiger partial charge in [-0.15, -0.1) is 0 Å². The number of ether oxygens (including phenoxy) is 5. The molecular formula is C82H140O13Y3-6. The van der Waals surface area contributed by atoms with Crippen LogP contribution < -0.4 is 0 Å². The fraction of sp³-hybridized carbons (Fsp3) is 0.854. The molecule has 9 aliphatic carbocycles. The van der Waals surface area contributed by atoms with E-state index in [2.05, 4.69) is 90.4 Å². The van der Waals surface area contributed by atoms with Crippen LogP contribution in [0.4, 0.5) is 0 Å². The summed E-state index contributed by atoms with van der Waals surface area (Å²) in [6.45, 7) is 44.9. The van der Waals surface area contributed by atoms with Crippen molar-refractivity contribution >= 4 is 35.8 Å². The van der Waals surface area contributed by atoms with Crippen LogP contribution in [-0.2, 0) is 151 Å². The third kappa shape index (κ3) is 26.5. The van der Waals surface area contributed by atoms with E-state index in [0.717, 1.165) is 85.9 Å². The largest absolute Gasteiger partial charge is 0.481 e. The van der Waals surface area contributed by atoms with Gasteiger partial charge in [0.1, 0.15) is 0 Å². The molecule has 98 heavy (non-hydrogen) atoms. The minimum atomic E-state index is -0.674. The Kier molecular flexibility index (Phi) is 44.8. The van der Waals surface area contributed by atoms with E-state index in [9.17, 15) is 33.9 Å². The molecule has 561 valence electrons. The molecule has 0 spiro atoms. The van der Waals surface area contributed by atoms with Gasteiger partial charge in [-0.05, 0) is 113 Å². The summed E-state index contributed by atoms with van der Waals surface area (Å²) >= 11 is 0. The first-order valence-electron chi connectivity index (χ1n) is 37.8. The molecule has 0 aromatic rings. The molecule has 0 aromatic heterocycles. The number of rotatable bonds is 15. The van der Waals surface area contributed by atoms with Crippen LogP contribution in [0.5, 0.6) is 0 Å². The number of aliphatic carboxylic acids is 1. The molecule has 0 aromatic carbocycles. The number of aliphatic hydroxyl groups excluding tert-OH is 1. The van der Waals surface area contributed by atoms with Crippen molar-refractivity contribution in [2.24, 2.45) is 135 Å². The number of carbonyl (C=O) groups excluding carboxylic acids is 5. The number of carboxylic acids is 1. The predicted molar refractivity (Wildman–Crippen MR) is 381 cm³/mol. The van der Waals surface area contributed by atoms with Crippen molar-refractivity contribution in [2.75, 3.05) is 35.5 Å². The Hall–Kier alpha value is 0.0917. The molecule has 13 nitrogen and oxygen atoms in total. The Labute approximate surface area is 675 Å². The number of hydrogen-bond acceptors (Lipinski definition) is 12. The monoisotopic (exact) mass is 1600 g/mol. The minimum absolute atomic E-state index is 0. The first-order valence-corrected chi connectivity index (χ1v) is 37.8. The first kappa shape index (κ1) is 96.1. The van der Waals surface area contributed by atoms with Crippen molar-refractivity contribution < 1.29 is 161 Å². The summed E-state index contributed by atoms with van der Waals surface area (Å²) in [6, 6.07) is 0. The number of methoxy groups -OCH3 is 5. The summed E-state index contributed by atoms with van der Waals surface area (Å²) in [7, 11) is 7.04. The molecule has 9 fully saturated rings. The van der Waals surface area contributed by atoms with Gasteiger partial charge >= 0.3 is 35.8 Å². The molecule has 9 rings (SSSR count). The van der Waals surface area contributed by atoms with Crippen molar-refractivity contribution in [2.45, 2.75) is 276 Å². The number of carbonyl (C=O) groups is 6. The van der Waals surface area contributed by atoms with Crippen LogP contribution in [0.15, 0.2) is 0 Å². The molecule has 0 bridgehead atoms. The van der Waals surface area contributed by atoms with Crippen molar-refractivity contribution in [3.8, 4) is 0 Å². The number of carboxylic acid groups (broad SMARTS) is 1. The number of esters is 5. The molecule has 2 N–H and O–H groups in total. The average molecular weight is 1600 g/mol. The summed E-state index contributed by atoms with van der Waals surface area (Å²) in [4.78, 5) is 62.7. The summed E-state index contributed by atoms with van der Waals surface area (Å²) < 4.78 is 22.0. The van der Waals surface area contributed by atoms with Gasteiger partial charge in [0, 0.05) is 138 Å². The number of fused-ring (bicyclic) bond motifs is 3. The second kappa shape index (κ2) is 45.7. The molecule has 24 atom stereocenters. The maximum atomic E-state index is 11.5. The summed E-state index contributed by atoms with van der Waals surface area (Å²) in [6.07, 6.45) is 31.3. The van der Waals surface area contributed by atoms with Gasteiger partial charge in [-0.2, -0.15) is 74.0 Å². The van der Waals surface area contributed by atoms with Crippen LogP contribution in [0, 0.1) is 173 Å². The molecule has 0 heterocycles. The standard InChI is InChI=1S/2C25H42O2.C23H38O3.3C3H6O2.3Y/c2*1-16-13-14-25(5)19(4)23(9-8-20(25)15-16)22-11-10-21(18(22)3)17(2)7-12-24(26)27-6;1-14(5-10-22(25)26)19-8-9-20(15(19)2)21-7-6-17-13-18(24)11-12-23(17,4)16(21)3;3*1-3(4)5-2;;;/h2*16-17,19-23H,4,7-15H2,1-3,5-6H3;14,16-21,24H,3,5-13H2,1-2,4H3,(H,25,26);3*1-2H3;;;/q3*-2;;;;;;/t2*16-,17-,19+,20-,21-,22-,23-,25-;14-,16+,17-,18-,19-,20-,21-,23-;;;;;;/m111....../s1. The second-order valence-corrected chi connectivity index (χ2v) is 33.1. The Morgan fingerprint density at radius 2 is 0.694 bits per heavy atom. The summed E-state index contributed by atoms with van der Waals surface area (Å²) in [5.74, 6) is 17.5. The molecule has 9 saturated carbocycles. The smallest absolute Gasteiger partial charge is 0.305 e. The summed E-state index contributed by atoms with van der Waals surface area (Å²) in [5.41, 5.74) is 1.21. The van der Waals surface area contributed by atoms with E-state index in [0.29, 0.717) is 101 Å². The molecule has 0 aliphatic heterocycles. The Bertz CT molecular complexity index is 2230. The van der Waals surface area contributed by atoms with Crippen molar-refractivity contribution in [3.63, 3.8) is 0 Å². The van der Waals surface area contributed by atoms with Crippen LogP contribution in [-0.4, -0.2) is 87.7 Å². The quantitative estimate of drug-likeness (QED) is 0.0896. The van der Waals surface area contributed by atoms with Gasteiger partial charge in [0.25, 0.3) is 0 Å². The second-order valence-electron chi connectivity index (χ2n) is 33.1. The Morgan fingerprint density at radius 1 is 0.429 bits per heavy atom. The third-order valence-corrected chi connectivity index (χ3v) is 28.0. The topological polar surface area (TPSA) is 189 Å². The molecule has 0 saturated heterocycles. The van der Waals surface area contributed by atoms with Crippen LogP contribution in [0.25, 0.3) is 0 Å². The van der Waals surface area contributed by atoms with E-state index in [1.165, 1.54) is 172 Å². The summed E-state index contributed by atoms with van der Waals surface area (Å²) in [5, 5.41) is 19.1. The predicted octanol–water partition coefficient (Wildman–Crippen LogP) is 18.7. The van der Waals surface area contributed by atoms with E-state index in [1.807, 2.05) is 0 Å². The van der Waals surface area contributed by atoms with Gasteiger partial charge < -0.3 is 72.4 Å². The minimum Gasteiger partial charge on any atom is -0.481 e. The van der Waals surface area contributed by atoms with Crippen LogP contribution >= 0.6 is 0 Å². The molecule has 3 radical (unpaired) electrons. The van der Waals surface area contributed by atoms with Gasteiger partial charge in [-0.1, -0.05) is 178 Å². The van der Waals surface area contributed by atoms with E-state index >= 15 is 0 Å². The van der Waals surface area contributed by atoms with Gasteiger partial charge in [0.2, 0.25) is 0 Å². The van der Waals surface area contributed by atoms with Crippen molar-refractivity contribution in [1.82, 2.24) is 0 Å². The molecule has 9 aliphatic rings. The van der Waals surface area contributed by atoms with Gasteiger partial charge in [-0.25, -0.2) is 0 Å². The maximum absolute atomic E-state index is 11.5. The number of aliphatic hydroxyl groups is 1. The van der Waals surface area contributed by atoms with Gasteiger partial charge in [-0.3, -0.25) is 28.8 Å². The zero-order chi connectivity index (χ0) is 71.4.